The molecule has 2 unspecified atom stereocenters. The maximum atomic E-state index is 11.9. The van der Waals surface area contributed by atoms with Crippen LogP contribution < -0.4 is 11.1 Å². The molecule has 100 valence electrons. The van der Waals surface area contributed by atoms with Gasteiger partial charge in [0.25, 0.3) is 0 Å². The molecule has 3 heteroatoms. The highest BCUT2D eigenvalue weighted by Gasteiger charge is 2.25. The minimum Gasteiger partial charge on any atom is -0.356 e. The van der Waals surface area contributed by atoms with Crippen LogP contribution in [0.4, 0.5) is 0 Å². The maximum absolute atomic E-state index is 11.9. The second kappa shape index (κ2) is 8.51. The first-order valence-corrected chi connectivity index (χ1v) is 7.25. The van der Waals surface area contributed by atoms with Gasteiger partial charge in [0.2, 0.25) is 5.91 Å². The predicted octanol–water partition coefficient (Wildman–Crippen LogP) is 2.45. The van der Waals surface area contributed by atoms with Gasteiger partial charge in [-0.3, -0.25) is 4.79 Å². The molecule has 3 nitrogen and oxygen atoms in total. The summed E-state index contributed by atoms with van der Waals surface area (Å²) in [7, 11) is 0. The van der Waals surface area contributed by atoms with Crippen LogP contribution in [0.5, 0.6) is 0 Å². The van der Waals surface area contributed by atoms with Gasteiger partial charge in [0, 0.05) is 12.5 Å². The Labute approximate surface area is 106 Å². The smallest absolute Gasteiger partial charge is 0.223 e. The van der Waals surface area contributed by atoms with Crippen LogP contribution in [-0.4, -0.2) is 19.0 Å². The summed E-state index contributed by atoms with van der Waals surface area (Å²) in [4.78, 5) is 11.9. The number of hydrogen-bond donors (Lipinski definition) is 2. The molecule has 0 aromatic rings. The highest BCUT2D eigenvalue weighted by molar-refractivity contribution is 5.78. The fourth-order valence-corrected chi connectivity index (χ4v) is 2.65. The van der Waals surface area contributed by atoms with Gasteiger partial charge in [0.1, 0.15) is 0 Å². The highest BCUT2D eigenvalue weighted by Crippen LogP contribution is 2.28. The fraction of sp³-hybridized carbons (Fsp3) is 0.929. The van der Waals surface area contributed by atoms with Crippen LogP contribution in [0.25, 0.3) is 0 Å². The number of nitrogens with one attached hydrogen (secondary N) is 1. The molecule has 2 atom stereocenters. The number of unbranched alkanes of at least 4 members (excludes halogenated alkanes) is 3. The summed E-state index contributed by atoms with van der Waals surface area (Å²) in [5.74, 6) is 1.06. The Morgan fingerprint density at radius 1 is 1.29 bits per heavy atom. The minimum absolute atomic E-state index is 0.225. The van der Waals surface area contributed by atoms with E-state index in [1.807, 2.05) is 0 Å². The Bertz CT molecular complexity index is 218. The normalized spacial score (nSPS) is 24.6. The van der Waals surface area contributed by atoms with Crippen LogP contribution in [0.15, 0.2) is 0 Å². The first kappa shape index (κ1) is 14.5. The minimum atomic E-state index is 0.225. The zero-order valence-corrected chi connectivity index (χ0v) is 11.2. The molecule has 3 N–H and O–H groups in total. The SMILES string of the molecule is CCCCCCNC(=O)C1CCCC(CN)C1. The summed E-state index contributed by atoms with van der Waals surface area (Å²) in [6, 6.07) is 0. The predicted molar refractivity (Wildman–Crippen MR) is 71.7 cm³/mol. The van der Waals surface area contributed by atoms with Crippen molar-refractivity contribution in [2.45, 2.75) is 58.3 Å². The molecule has 0 radical (unpaired) electrons. The summed E-state index contributed by atoms with van der Waals surface area (Å²) in [6.45, 7) is 3.79. The summed E-state index contributed by atoms with van der Waals surface area (Å²) in [5, 5.41) is 3.08. The molecular weight excluding hydrogens is 212 g/mol. The molecule has 0 saturated heterocycles. The Kier molecular flexibility index (Phi) is 7.25. The van der Waals surface area contributed by atoms with Gasteiger partial charge in [-0.15, -0.1) is 0 Å². The van der Waals surface area contributed by atoms with Crippen molar-refractivity contribution in [3.63, 3.8) is 0 Å². The molecular formula is C14H28N2O. The monoisotopic (exact) mass is 240 g/mol. The molecule has 0 aromatic heterocycles. The molecule has 0 spiro atoms. The van der Waals surface area contributed by atoms with Crippen molar-refractivity contribution in [3.05, 3.63) is 0 Å². The van der Waals surface area contributed by atoms with E-state index in [4.69, 9.17) is 5.73 Å². The van der Waals surface area contributed by atoms with E-state index in [1.54, 1.807) is 0 Å². The zero-order valence-electron chi connectivity index (χ0n) is 11.2. The first-order chi connectivity index (χ1) is 8.27. The van der Waals surface area contributed by atoms with Crippen molar-refractivity contribution >= 4 is 5.91 Å². The van der Waals surface area contributed by atoms with Crippen LogP contribution in [0.3, 0.4) is 0 Å². The molecule has 1 fully saturated rings. The molecule has 0 bridgehead atoms. The average Bonchev–Trinajstić information content (AvgIpc) is 2.38. The van der Waals surface area contributed by atoms with E-state index in [-0.39, 0.29) is 11.8 Å². The summed E-state index contributed by atoms with van der Waals surface area (Å²) in [6.07, 6.45) is 9.28. The number of carbonyl (C=O) groups excluding carboxylic acids is 1. The molecule has 1 amide bonds. The van der Waals surface area contributed by atoms with E-state index < -0.39 is 0 Å². The average molecular weight is 240 g/mol. The Hall–Kier alpha value is -0.570. The number of carbonyl (C=O) groups is 1. The van der Waals surface area contributed by atoms with Gasteiger partial charge in [0.15, 0.2) is 0 Å². The number of amides is 1. The van der Waals surface area contributed by atoms with E-state index >= 15 is 0 Å². The molecule has 1 saturated carbocycles. The van der Waals surface area contributed by atoms with Crippen LogP contribution in [0.2, 0.25) is 0 Å². The lowest BCUT2D eigenvalue weighted by atomic mass is 9.81. The van der Waals surface area contributed by atoms with E-state index in [1.165, 1.54) is 25.7 Å². The second-order valence-electron chi connectivity index (χ2n) is 5.32. The Balaban J connectivity index is 2.14. The number of hydrogen-bond acceptors (Lipinski definition) is 2. The topological polar surface area (TPSA) is 55.1 Å². The largest absolute Gasteiger partial charge is 0.356 e. The van der Waals surface area contributed by atoms with E-state index in [0.29, 0.717) is 5.92 Å². The quantitative estimate of drug-likeness (QED) is 0.672. The molecule has 0 heterocycles. The lowest BCUT2D eigenvalue weighted by Gasteiger charge is -2.27. The van der Waals surface area contributed by atoms with Gasteiger partial charge in [-0.25, -0.2) is 0 Å². The van der Waals surface area contributed by atoms with Crippen LogP contribution >= 0.6 is 0 Å². The van der Waals surface area contributed by atoms with Gasteiger partial charge in [-0.1, -0.05) is 32.6 Å². The third-order valence-corrected chi connectivity index (χ3v) is 3.82. The molecule has 0 aliphatic heterocycles. The number of rotatable bonds is 7. The fourth-order valence-electron chi connectivity index (χ4n) is 2.65. The summed E-state index contributed by atoms with van der Waals surface area (Å²) < 4.78 is 0. The summed E-state index contributed by atoms with van der Waals surface area (Å²) >= 11 is 0. The van der Waals surface area contributed by atoms with Gasteiger partial charge in [-0.05, 0) is 38.1 Å². The lowest BCUT2D eigenvalue weighted by molar-refractivity contribution is -0.126. The van der Waals surface area contributed by atoms with Crippen LogP contribution in [-0.2, 0) is 4.79 Å². The first-order valence-electron chi connectivity index (χ1n) is 7.25. The molecule has 0 aromatic carbocycles. The third kappa shape index (κ3) is 5.53. The Morgan fingerprint density at radius 3 is 2.82 bits per heavy atom. The van der Waals surface area contributed by atoms with Crippen molar-refractivity contribution in [2.24, 2.45) is 17.6 Å². The van der Waals surface area contributed by atoms with Crippen molar-refractivity contribution in [1.29, 1.82) is 0 Å². The molecule has 17 heavy (non-hydrogen) atoms. The summed E-state index contributed by atoms with van der Waals surface area (Å²) in [5.41, 5.74) is 5.69. The molecule has 1 aliphatic rings. The van der Waals surface area contributed by atoms with E-state index in [0.717, 1.165) is 38.8 Å². The molecule has 1 aliphatic carbocycles. The van der Waals surface area contributed by atoms with Crippen molar-refractivity contribution in [1.82, 2.24) is 5.32 Å². The molecule has 1 rings (SSSR count). The van der Waals surface area contributed by atoms with E-state index in [2.05, 4.69) is 12.2 Å². The van der Waals surface area contributed by atoms with Crippen molar-refractivity contribution in [2.75, 3.05) is 13.1 Å². The Morgan fingerprint density at radius 2 is 2.12 bits per heavy atom. The lowest BCUT2D eigenvalue weighted by Crippen LogP contribution is -2.35. The second-order valence-corrected chi connectivity index (χ2v) is 5.32. The van der Waals surface area contributed by atoms with Crippen molar-refractivity contribution in [3.8, 4) is 0 Å². The van der Waals surface area contributed by atoms with Crippen LogP contribution in [0, 0.1) is 11.8 Å². The van der Waals surface area contributed by atoms with Gasteiger partial charge in [-0.2, -0.15) is 0 Å². The van der Waals surface area contributed by atoms with Gasteiger partial charge >= 0.3 is 0 Å². The zero-order chi connectivity index (χ0) is 12.5. The van der Waals surface area contributed by atoms with Crippen LogP contribution in [0.1, 0.15) is 58.3 Å². The number of nitrogens with two attached hydrogens (primary N) is 1. The van der Waals surface area contributed by atoms with Crippen molar-refractivity contribution < 1.29 is 4.79 Å². The third-order valence-electron chi connectivity index (χ3n) is 3.82. The maximum Gasteiger partial charge on any atom is 0.223 e. The van der Waals surface area contributed by atoms with E-state index in [9.17, 15) is 4.79 Å². The van der Waals surface area contributed by atoms with Gasteiger partial charge < -0.3 is 11.1 Å². The standard InChI is InChI=1S/C14H28N2O/c1-2-3-4-5-9-16-14(17)13-8-6-7-12(10-13)11-15/h12-13H,2-11,15H2,1H3,(H,16,17). The highest BCUT2D eigenvalue weighted by atomic mass is 16.1. The van der Waals surface area contributed by atoms with Gasteiger partial charge in [0.05, 0.1) is 0 Å².